The van der Waals surface area contributed by atoms with E-state index in [1.807, 2.05) is 6.08 Å². The van der Waals surface area contributed by atoms with E-state index in [0.717, 1.165) is 29.6 Å². The lowest BCUT2D eigenvalue weighted by molar-refractivity contribution is -0.901. The van der Waals surface area contributed by atoms with E-state index in [1.54, 1.807) is 0 Å². The van der Waals surface area contributed by atoms with Crippen LogP contribution in [0.1, 0.15) is 24.0 Å². The van der Waals surface area contributed by atoms with Crippen molar-refractivity contribution in [1.82, 2.24) is 4.90 Å². The summed E-state index contributed by atoms with van der Waals surface area (Å²) in [4.78, 5) is 2.53. The summed E-state index contributed by atoms with van der Waals surface area (Å²) in [6.45, 7) is 10.6. The molecule has 1 atom stereocenters. The second-order valence-corrected chi connectivity index (χ2v) is 7.48. The summed E-state index contributed by atoms with van der Waals surface area (Å²) < 4.78 is 1.14. The van der Waals surface area contributed by atoms with E-state index >= 15 is 0 Å². The molecule has 0 bridgehead atoms. The molecular weight excluding hydrogens is 268 g/mol. The average molecular weight is 297 g/mol. The van der Waals surface area contributed by atoms with Gasteiger partial charge in [-0.1, -0.05) is 37.4 Å². The highest BCUT2D eigenvalue weighted by Gasteiger charge is 2.37. The molecule has 1 aliphatic carbocycles. The highest BCUT2D eigenvalue weighted by molar-refractivity contribution is 5.34. The minimum Gasteiger partial charge on any atom is -0.362 e. The second kappa shape index (κ2) is 5.92. The number of hydrogen-bond acceptors (Lipinski definition) is 1. The van der Waals surface area contributed by atoms with Crippen molar-refractivity contribution in [2.24, 2.45) is 0 Å². The first-order valence-electron chi connectivity index (χ1n) is 8.48. The standard InChI is InChI=1S/C20H29N2/c1-5-16(2)21(15-20-11-8-12-22(20,3)4)19-13-17-9-6-7-10-18(17)14-19/h5-7,9-10,19-20H,1-2,8,11-15H2,3-4H3/q+1. The third kappa shape index (κ3) is 2.85. The van der Waals surface area contributed by atoms with E-state index in [1.165, 1.54) is 30.5 Å². The first kappa shape index (κ1) is 15.4. The van der Waals surface area contributed by atoms with Crippen LogP contribution in [0.15, 0.2) is 49.2 Å². The molecule has 22 heavy (non-hydrogen) atoms. The number of rotatable bonds is 5. The molecular formula is C20H29N2+. The average Bonchev–Trinajstić information content (AvgIpc) is 3.06. The van der Waals surface area contributed by atoms with Crippen LogP contribution in [0.5, 0.6) is 0 Å². The predicted octanol–water partition coefficient (Wildman–Crippen LogP) is 3.39. The van der Waals surface area contributed by atoms with Crippen LogP contribution in [0.2, 0.25) is 0 Å². The molecule has 1 fully saturated rings. The van der Waals surface area contributed by atoms with Gasteiger partial charge in [-0.3, -0.25) is 0 Å². The van der Waals surface area contributed by atoms with Crippen LogP contribution in [0.25, 0.3) is 0 Å². The Morgan fingerprint density at radius 2 is 1.91 bits per heavy atom. The largest absolute Gasteiger partial charge is 0.362 e. The molecule has 2 aliphatic rings. The monoisotopic (exact) mass is 297 g/mol. The fourth-order valence-electron chi connectivity index (χ4n) is 4.18. The van der Waals surface area contributed by atoms with Crippen molar-refractivity contribution in [2.75, 3.05) is 27.2 Å². The van der Waals surface area contributed by atoms with Gasteiger partial charge in [0.2, 0.25) is 0 Å². The maximum atomic E-state index is 4.27. The molecule has 2 nitrogen and oxygen atoms in total. The third-order valence-corrected chi connectivity index (χ3v) is 5.74. The predicted molar refractivity (Wildman–Crippen MR) is 93.7 cm³/mol. The lowest BCUT2D eigenvalue weighted by atomic mass is 10.1. The van der Waals surface area contributed by atoms with Gasteiger partial charge in [0.15, 0.2) is 0 Å². The van der Waals surface area contributed by atoms with Crippen LogP contribution in [-0.2, 0) is 12.8 Å². The fourth-order valence-corrected chi connectivity index (χ4v) is 4.18. The van der Waals surface area contributed by atoms with Crippen molar-refractivity contribution >= 4 is 0 Å². The Morgan fingerprint density at radius 1 is 1.27 bits per heavy atom. The number of fused-ring (bicyclic) bond motifs is 1. The van der Waals surface area contributed by atoms with E-state index in [2.05, 4.69) is 56.4 Å². The first-order valence-corrected chi connectivity index (χ1v) is 8.48. The van der Waals surface area contributed by atoms with Crippen molar-refractivity contribution in [3.8, 4) is 0 Å². The molecule has 0 amide bonds. The smallest absolute Gasteiger partial charge is 0.107 e. The van der Waals surface area contributed by atoms with Crippen LogP contribution in [0.4, 0.5) is 0 Å². The second-order valence-electron chi connectivity index (χ2n) is 7.48. The van der Waals surface area contributed by atoms with E-state index in [0.29, 0.717) is 12.1 Å². The number of nitrogens with zero attached hydrogens (tertiary/aromatic N) is 2. The molecule has 0 N–H and O–H groups in total. The van der Waals surface area contributed by atoms with Crippen LogP contribution >= 0.6 is 0 Å². The summed E-state index contributed by atoms with van der Waals surface area (Å²) in [6, 6.07) is 10.1. The fraction of sp³-hybridized carbons (Fsp3) is 0.500. The Morgan fingerprint density at radius 3 is 2.41 bits per heavy atom. The van der Waals surface area contributed by atoms with Gasteiger partial charge in [-0.25, -0.2) is 0 Å². The summed E-state index contributed by atoms with van der Waals surface area (Å²) >= 11 is 0. The van der Waals surface area contributed by atoms with Crippen molar-refractivity contribution in [2.45, 2.75) is 37.8 Å². The molecule has 1 aromatic rings. The molecule has 1 aromatic carbocycles. The zero-order valence-electron chi connectivity index (χ0n) is 14.1. The first-order chi connectivity index (χ1) is 10.5. The molecule has 0 saturated carbocycles. The highest BCUT2D eigenvalue weighted by Crippen LogP contribution is 2.30. The lowest BCUT2D eigenvalue weighted by Crippen LogP contribution is -2.51. The van der Waals surface area contributed by atoms with Gasteiger partial charge >= 0.3 is 0 Å². The molecule has 1 saturated heterocycles. The Kier molecular flexibility index (Phi) is 4.14. The van der Waals surface area contributed by atoms with Gasteiger partial charge in [0, 0.05) is 24.6 Å². The van der Waals surface area contributed by atoms with E-state index in [9.17, 15) is 0 Å². The van der Waals surface area contributed by atoms with Crippen LogP contribution in [0, 0.1) is 0 Å². The molecule has 0 aromatic heterocycles. The number of likely N-dealkylation sites (tertiary alicyclic amines) is 1. The molecule has 1 heterocycles. The van der Waals surface area contributed by atoms with Crippen LogP contribution in [0.3, 0.4) is 0 Å². The number of hydrogen-bond donors (Lipinski definition) is 0. The summed E-state index contributed by atoms with van der Waals surface area (Å²) in [5.74, 6) is 0. The minimum absolute atomic E-state index is 0.545. The summed E-state index contributed by atoms with van der Waals surface area (Å²) in [5.41, 5.74) is 4.11. The summed E-state index contributed by atoms with van der Waals surface area (Å²) in [6.07, 6.45) is 6.88. The number of allylic oxidation sites excluding steroid dienone is 1. The van der Waals surface area contributed by atoms with Gasteiger partial charge < -0.3 is 9.38 Å². The molecule has 118 valence electrons. The van der Waals surface area contributed by atoms with E-state index < -0.39 is 0 Å². The Hall–Kier alpha value is -1.54. The van der Waals surface area contributed by atoms with Crippen molar-refractivity contribution in [1.29, 1.82) is 0 Å². The van der Waals surface area contributed by atoms with E-state index in [-0.39, 0.29) is 0 Å². The zero-order valence-corrected chi connectivity index (χ0v) is 14.1. The summed E-state index contributed by atoms with van der Waals surface area (Å²) in [5, 5.41) is 0. The Labute approximate surface area is 135 Å². The molecule has 0 radical (unpaired) electrons. The van der Waals surface area contributed by atoms with Crippen molar-refractivity contribution < 1.29 is 4.48 Å². The maximum absolute atomic E-state index is 4.27. The molecule has 2 heteroatoms. The summed E-state index contributed by atoms with van der Waals surface area (Å²) in [7, 11) is 4.74. The quantitative estimate of drug-likeness (QED) is 0.595. The third-order valence-electron chi connectivity index (χ3n) is 5.74. The van der Waals surface area contributed by atoms with Gasteiger partial charge in [-0.2, -0.15) is 0 Å². The SMILES string of the molecule is C=CC(=C)N(CC1CCC[N+]1(C)C)C1Cc2ccccc2C1. The van der Waals surface area contributed by atoms with Crippen molar-refractivity contribution in [3.63, 3.8) is 0 Å². The van der Waals surface area contributed by atoms with Gasteiger partial charge in [0.05, 0.1) is 27.2 Å². The number of benzene rings is 1. The van der Waals surface area contributed by atoms with Crippen LogP contribution in [-0.4, -0.2) is 48.7 Å². The highest BCUT2D eigenvalue weighted by atomic mass is 15.4. The molecule has 0 spiro atoms. The van der Waals surface area contributed by atoms with Crippen molar-refractivity contribution in [3.05, 3.63) is 60.3 Å². The molecule has 1 aliphatic heterocycles. The zero-order chi connectivity index (χ0) is 15.7. The Balaban J connectivity index is 1.77. The van der Waals surface area contributed by atoms with E-state index in [4.69, 9.17) is 0 Å². The van der Waals surface area contributed by atoms with Gasteiger partial charge in [0.25, 0.3) is 0 Å². The van der Waals surface area contributed by atoms with Gasteiger partial charge in [-0.05, 0) is 30.0 Å². The topological polar surface area (TPSA) is 3.24 Å². The number of likely N-dealkylation sites (N-methyl/N-ethyl adjacent to an activating group) is 1. The normalized spacial score (nSPS) is 23.3. The number of quaternary nitrogens is 1. The molecule has 3 rings (SSSR count). The van der Waals surface area contributed by atoms with Gasteiger partial charge in [-0.15, -0.1) is 0 Å². The van der Waals surface area contributed by atoms with Crippen LogP contribution < -0.4 is 0 Å². The minimum atomic E-state index is 0.545. The maximum Gasteiger partial charge on any atom is 0.107 e. The van der Waals surface area contributed by atoms with Gasteiger partial charge in [0.1, 0.15) is 6.04 Å². The Bertz CT molecular complexity index is 548. The lowest BCUT2D eigenvalue weighted by Gasteiger charge is -2.39. The molecule has 1 unspecified atom stereocenters.